The van der Waals surface area contributed by atoms with Gasteiger partial charge in [-0.15, -0.1) is 0 Å². The number of anilines is 1. The van der Waals surface area contributed by atoms with Crippen LogP contribution in [0.3, 0.4) is 0 Å². The second-order valence-electron chi connectivity index (χ2n) is 8.03. The van der Waals surface area contributed by atoms with Crippen LogP contribution in [0.25, 0.3) is 5.65 Å². The van der Waals surface area contributed by atoms with E-state index in [2.05, 4.69) is 36.0 Å². The first-order valence-electron chi connectivity index (χ1n) is 10.3. The summed E-state index contributed by atoms with van der Waals surface area (Å²) in [4.78, 5) is 20.0. The molecule has 0 aliphatic carbocycles. The maximum atomic E-state index is 12.8. The minimum Gasteiger partial charge on any atom is -0.385 e. The van der Waals surface area contributed by atoms with Gasteiger partial charge in [0.05, 0.1) is 11.3 Å². The van der Waals surface area contributed by atoms with Crippen molar-refractivity contribution in [3.05, 3.63) is 29.6 Å². The first kappa shape index (κ1) is 19.7. The molecule has 0 radical (unpaired) electrons. The van der Waals surface area contributed by atoms with Crippen molar-refractivity contribution < 1.29 is 4.79 Å². The van der Waals surface area contributed by atoms with Crippen LogP contribution in [0.4, 0.5) is 5.82 Å². The molecular weight excluding hydrogens is 338 g/mol. The number of aromatic nitrogens is 2. The minimum atomic E-state index is -0.0608. The number of nitrogen functional groups attached to an aromatic ring is 1. The lowest BCUT2D eigenvalue weighted by Gasteiger charge is -2.31. The predicted octanol–water partition coefficient (Wildman–Crippen LogP) is 3.28. The molecular formula is C21H33N5O. The van der Waals surface area contributed by atoms with Gasteiger partial charge in [-0.2, -0.15) is 0 Å². The molecule has 0 unspecified atom stereocenters. The maximum absolute atomic E-state index is 12.8. The Labute approximate surface area is 162 Å². The first-order valence-corrected chi connectivity index (χ1v) is 10.3. The molecule has 1 aliphatic heterocycles. The van der Waals surface area contributed by atoms with Gasteiger partial charge in [-0.1, -0.05) is 27.2 Å². The normalized spacial score (nSPS) is 16.3. The minimum absolute atomic E-state index is 0.0608. The number of piperidine rings is 1. The van der Waals surface area contributed by atoms with Gasteiger partial charge in [-0.25, -0.2) is 4.98 Å². The highest BCUT2D eigenvalue weighted by molar-refractivity contribution is 6.00. The molecule has 0 aromatic carbocycles. The fraction of sp³-hybridized carbons (Fsp3) is 0.619. The Morgan fingerprint density at radius 1 is 1.33 bits per heavy atom. The second-order valence-corrected chi connectivity index (χ2v) is 8.03. The van der Waals surface area contributed by atoms with Crippen molar-refractivity contribution in [2.75, 3.05) is 31.9 Å². The van der Waals surface area contributed by atoms with Gasteiger partial charge in [0, 0.05) is 12.7 Å². The lowest BCUT2D eigenvalue weighted by molar-refractivity contribution is 0.0937. The van der Waals surface area contributed by atoms with Crippen LogP contribution >= 0.6 is 0 Å². The summed E-state index contributed by atoms with van der Waals surface area (Å²) in [6, 6.07) is 3.56. The molecule has 6 nitrogen and oxygen atoms in total. The molecule has 27 heavy (non-hydrogen) atoms. The van der Waals surface area contributed by atoms with Crippen LogP contribution in [0.5, 0.6) is 0 Å². The summed E-state index contributed by atoms with van der Waals surface area (Å²) in [5.41, 5.74) is 8.25. The van der Waals surface area contributed by atoms with Crippen LogP contribution in [-0.2, 0) is 0 Å². The van der Waals surface area contributed by atoms with Gasteiger partial charge in [0.2, 0.25) is 0 Å². The van der Waals surface area contributed by atoms with Crippen molar-refractivity contribution >= 4 is 17.4 Å². The summed E-state index contributed by atoms with van der Waals surface area (Å²) in [5.74, 6) is 1.38. The summed E-state index contributed by atoms with van der Waals surface area (Å²) < 4.78 is 1.82. The Morgan fingerprint density at radius 3 is 2.74 bits per heavy atom. The fourth-order valence-corrected chi connectivity index (χ4v) is 3.69. The Bertz CT molecular complexity index is 774. The summed E-state index contributed by atoms with van der Waals surface area (Å²) in [6.07, 6.45) is 6.76. The number of carbonyl (C=O) groups excluding carboxylic acids is 1. The number of hydrogen-bond acceptors (Lipinski definition) is 4. The van der Waals surface area contributed by atoms with E-state index in [0.717, 1.165) is 38.2 Å². The standard InChI is InChI=1S/C21H33N5O/c1-4-5-10-25-11-8-16(9-12-25)13-23-21(27)17-6-7-19(22)26-14-18(15(2)3)24-20(17)26/h6-7,14-16H,4-5,8-13,22H2,1-3H3,(H,23,27). The van der Waals surface area contributed by atoms with Crippen molar-refractivity contribution in [1.82, 2.24) is 19.6 Å². The summed E-state index contributed by atoms with van der Waals surface area (Å²) in [5, 5.41) is 3.13. The maximum Gasteiger partial charge on any atom is 0.255 e. The van der Waals surface area contributed by atoms with E-state index in [-0.39, 0.29) is 11.8 Å². The highest BCUT2D eigenvalue weighted by Gasteiger charge is 2.21. The Balaban J connectivity index is 1.61. The number of fused-ring (bicyclic) bond motifs is 1. The highest BCUT2D eigenvalue weighted by Crippen LogP contribution is 2.21. The molecule has 6 heteroatoms. The third kappa shape index (κ3) is 4.61. The molecule has 0 bridgehead atoms. The van der Waals surface area contributed by atoms with E-state index in [1.807, 2.05) is 10.6 Å². The van der Waals surface area contributed by atoms with E-state index >= 15 is 0 Å². The number of likely N-dealkylation sites (tertiary alicyclic amines) is 1. The molecule has 3 N–H and O–H groups in total. The lowest BCUT2D eigenvalue weighted by atomic mass is 9.96. The van der Waals surface area contributed by atoms with Gasteiger partial charge in [0.25, 0.3) is 5.91 Å². The zero-order chi connectivity index (χ0) is 19.4. The van der Waals surface area contributed by atoms with Gasteiger partial charge in [0.15, 0.2) is 5.65 Å². The molecule has 0 atom stereocenters. The number of carbonyl (C=O) groups is 1. The average molecular weight is 372 g/mol. The molecule has 1 saturated heterocycles. The quantitative estimate of drug-likeness (QED) is 0.783. The smallest absolute Gasteiger partial charge is 0.255 e. The van der Waals surface area contributed by atoms with Crippen LogP contribution in [-0.4, -0.2) is 46.4 Å². The molecule has 1 fully saturated rings. The summed E-state index contributed by atoms with van der Waals surface area (Å²) >= 11 is 0. The summed E-state index contributed by atoms with van der Waals surface area (Å²) in [6.45, 7) is 10.6. The zero-order valence-corrected chi connectivity index (χ0v) is 16.9. The fourth-order valence-electron chi connectivity index (χ4n) is 3.69. The van der Waals surface area contributed by atoms with E-state index in [1.54, 1.807) is 12.1 Å². The Kier molecular flexibility index (Phi) is 6.37. The monoisotopic (exact) mass is 371 g/mol. The van der Waals surface area contributed by atoms with Gasteiger partial charge in [-0.05, 0) is 62.9 Å². The highest BCUT2D eigenvalue weighted by atomic mass is 16.1. The number of nitrogens with two attached hydrogens (primary N) is 1. The van der Waals surface area contributed by atoms with Crippen molar-refractivity contribution in [1.29, 1.82) is 0 Å². The van der Waals surface area contributed by atoms with Crippen LogP contribution in [0.2, 0.25) is 0 Å². The van der Waals surface area contributed by atoms with E-state index in [1.165, 1.54) is 19.4 Å². The molecule has 148 valence electrons. The number of unbranched alkanes of at least 4 members (excludes halogenated alkanes) is 1. The van der Waals surface area contributed by atoms with Crippen LogP contribution < -0.4 is 11.1 Å². The van der Waals surface area contributed by atoms with Gasteiger partial charge in [-0.3, -0.25) is 9.20 Å². The topological polar surface area (TPSA) is 75.7 Å². The van der Waals surface area contributed by atoms with Crippen LogP contribution in [0.15, 0.2) is 18.3 Å². The SMILES string of the molecule is CCCCN1CCC(CNC(=O)c2ccc(N)n3cc(C(C)C)nc23)CC1. The summed E-state index contributed by atoms with van der Waals surface area (Å²) in [7, 11) is 0. The van der Waals surface area contributed by atoms with Crippen molar-refractivity contribution in [2.24, 2.45) is 5.92 Å². The molecule has 3 heterocycles. The Morgan fingerprint density at radius 2 is 2.07 bits per heavy atom. The molecule has 2 aromatic heterocycles. The van der Waals surface area contributed by atoms with Gasteiger partial charge < -0.3 is 16.0 Å². The number of pyridine rings is 1. The molecule has 1 amide bonds. The second kappa shape index (κ2) is 8.74. The number of amides is 1. The number of imidazole rings is 1. The number of rotatable bonds is 7. The van der Waals surface area contributed by atoms with Crippen LogP contribution in [0, 0.1) is 5.92 Å². The molecule has 0 saturated carbocycles. The number of nitrogens with zero attached hydrogens (tertiary/aromatic N) is 3. The molecule has 0 spiro atoms. The molecule has 1 aliphatic rings. The average Bonchev–Trinajstić information content (AvgIpc) is 3.12. The van der Waals surface area contributed by atoms with E-state index in [0.29, 0.717) is 22.9 Å². The van der Waals surface area contributed by atoms with Crippen LogP contribution in [0.1, 0.15) is 68.4 Å². The van der Waals surface area contributed by atoms with Crippen molar-refractivity contribution in [3.63, 3.8) is 0 Å². The molecule has 2 aromatic rings. The van der Waals surface area contributed by atoms with E-state index < -0.39 is 0 Å². The third-order valence-electron chi connectivity index (χ3n) is 5.59. The van der Waals surface area contributed by atoms with E-state index in [9.17, 15) is 4.79 Å². The lowest BCUT2D eigenvalue weighted by Crippen LogP contribution is -2.39. The van der Waals surface area contributed by atoms with Gasteiger partial charge in [0.1, 0.15) is 5.82 Å². The largest absolute Gasteiger partial charge is 0.385 e. The van der Waals surface area contributed by atoms with Crippen molar-refractivity contribution in [3.8, 4) is 0 Å². The van der Waals surface area contributed by atoms with Crippen molar-refractivity contribution in [2.45, 2.75) is 52.4 Å². The number of hydrogen-bond donors (Lipinski definition) is 2. The predicted molar refractivity (Wildman–Crippen MR) is 110 cm³/mol. The van der Waals surface area contributed by atoms with E-state index in [4.69, 9.17) is 5.73 Å². The Hall–Kier alpha value is -2.08. The number of nitrogens with one attached hydrogen (secondary N) is 1. The third-order valence-corrected chi connectivity index (χ3v) is 5.59. The molecule has 3 rings (SSSR count). The zero-order valence-electron chi connectivity index (χ0n) is 16.9. The van der Waals surface area contributed by atoms with Gasteiger partial charge >= 0.3 is 0 Å². The first-order chi connectivity index (χ1) is 13.0.